The molecule has 0 fully saturated rings. The first kappa shape index (κ1) is 15.0. The van der Waals surface area contributed by atoms with Crippen LogP contribution in [0.4, 0.5) is 4.39 Å². The summed E-state index contributed by atoms with van der Waals surface area (Å²) in [6.45, 7) is 5.06. The maximum atomic E-state index is 13.5. The van der Waals surface area contributed by atoms with Gasteiger partial charge in [-0.1, -0.05) is 6.07 Å². The minimum atomic E-state index is -0.324. The SMILES string of the molecule is COc1cc([C@@H](C)N[C@H]2CCc3nc(C)cn3C2)ccc1F. The van der Waals surface area contributed by atoms with Crippen LogP contribution in [-0.2, 0) is 13.0 Å². The third-order valence-corrected chi connectivity index (χ3v) is 4.27. The fourth-order valence-corrected chi connectivity index (χ4v) is 3.12. The Balaban J connectivity index is 1.68. The topological polar surface area (TPSA) is 39.1 Å². The van der Waals surface area contributed by atoms with Crippen molar-refractivity contribution in [1.29, 1.82) is 0 Å². The van der Waals surface area contributed by atoms with Gasteiger partial charge in [0.15, 0.2) is 11.6 Å². The van der Waals surface area contributed by atoms with Crippen LogP contribution in [0.1, 0.15) is 36.5 Å². The second-order valence-corrected chi connectivity index (χ2v) is 5.97. The predicted octanol–water partition coefficient (Wildman–Crippen LogP) is 3.00. The molecule has 2 atom stereocenters. The van der Waals surface area contributed by atoms with E-state index < -0.39 is 0 Å². The van der Waals surface area contributed by atoms with Crippen LogP contribution in [0.5, 0.6) is 5.75 Å². The van der Waals surface area contributed by atoms with E-state index >= 15 is 0 Å². The number of methoxy groups -OCH3 is 1. The van der Waals surface area contributed by atoms with Gasteiger partial charge in [-0.25, -0.2) is 9.37 Å². The number of aryl methyl sites for hydroxylation is 2. The van der Waals surface area contributed by atoms with Crippen LogP contribution in [0.25, 0.3) is 0 Å². The van der Waals surface area contributed by atoms with E-state index in [1.807, 2.05) is 13.0 Å². The number of rotatable bonds is 4. The summed E-state index contributed by atoms with van der Waals surface area (Å²) in [7, 11) is 1.49. The number of aromatic nitrogens is 2. The molecule has 3 rings (SSSR count). The van der Waals surface area contributed by atoms with Crippen LogP contribution in [0.3, 0.4) is 0 Å². The van der Waals surface area contributed by atoms with Gasteiger partial charge in [-0.05, 0) is 38.0 Å². The minimum Gasteiger partial charge on any atom is -0.494 e. The molecule has 1 aromatic carbocycles. The van der Waals surface area contributed by atoms with Crippen molar-refractivity contribution in [2.75, 3.05) is 7.11 Å². The monoisotopic (exact) mass is 303 g/mol. The van der Waals surface area contributed by atoms with Crippen LogP contribution in [-0.4, -0.2) is 22.7 Å². The standard InChI is InChI=1S/C17H22FN3O/c1-11-9-21-10-14(5-7-17(21)19-11)20-12(2)13-4-6-15(18)16(8-13)22-3/h4,6,8-9,12,14,20H,5,7,10H2,1-3H3/t12-,14+/m1/s1. The van der Waals surface area contributed by atoms with Gasteiger partial charge in [0.2, 0.25) is 0 Å². The first-order valence-electron chi connectivity index (χ1n) is 7.69. The molecule has 0 saturated carbocycles. The summed E-state index contributed by atoms with van der Waals surface area (Å²) in [5.74, 6) is 1.14. The molecule has 1 aromatic heterocycles. The highest BCUT2D eigenvalue weighted by molar-refractivity contribution is 5.32. The van der Waals surface area contributed by atoms with Gasteiger partial charge in [0.25, 0.3) is 0 Å². The highest BCUT2D eigenvalue weighted by atomic mass is 19.1. The Morgan fingerprint density at radius 1 is 1.45 bits per heavy atom. The highest BCUT2D eigenvalue weighted by Gasteiger charge is 2.21. The number of nitrogens with one attached hydrogen (secondary N) is 1. The summed E-state index contributed by atoms with van der Waals surface area (Å²) in [6, 6.07) is 5.58. The van der Waals surface area contributed by atoms with Crippen molar-refractivity contribution >= 4 is 0 Å². The molecule has 2 aromatic rings. The molecule has 0 aliphatic carbocycles. The molecule has 0 amide bonds. The van der Waals surface area contributed by atoms with Crippen LogP contribution >= 0.6 is 0 Å². The fourth-order valence-electron chi connectivity index (χ4n) is 3.12. The summed E-state index contributed by atoms with van der Waals surface area (Å²) >= 11 is 0. The van der Waals surface area contributed by atoms with Crippen LogP contribution in [0.2, 0.25) is 0 Å². The first-order chi connectivity index (χ1) is 10.6. The lowest BCUT2D eigenvalue weighted by Crippen LogP contribution is -2.38. The Bertz CT molecular complexity index is 668. The van der Waals surface area contributed by atoms with E-state index in [-0.39, 0.29) is 11.9 Å². The molecule has 5 heteroatoms. The molecule has 118 valence electrons. The van der Waals surface area contributed by atoms with Crippen molar-refractivity contribution in [1.82, 2.24) is 14.9 Å². The molecule has 0 radical (unpaired) electrons. The number of imidazole rings is 1. The lowest BCUT2D eigenvalue weighted by Gasteiger charge is -2.28. The quantitative estimate of drug-likeness (QED) is 0.943. The van der Waals surface area contributed by atoms with Crippen molar-refractivity contribution in [3.05, 3.63) is 47.3 Å². The van der Waals surface area contributed by atoms with Gasteiger partial charge in [0, 0.05) is 31.2 Å². The van der Waals surface area contributed by atoms with Crippen molar-refractivity contribution in [3.63, 3.8) is 0 Å². The molecule has 0 unspecified atom stereocenters. The molecule has 22 heavy (non-hydrogen) atoms. The summed E-state index contributed by atoms with van der Waals surface area (Å²) in [4.78, 5) is 4.53. The third-order valence-electron chi connectivity index (χ3n) is 4.27. The summed E-state index contributed by atoms with van der Waals surface area (Å²) < 4.78 is 20.8. The smallest absolute Gasteiger partial charge is 0.165 e. The molecular formula is C17H22FN3O. The van der Waals surface area contributed by atoms with Gasteiger partial charge in [0.1, 0.15) is 5.82 Å². The first-order valence-corrected chi connectivity index (χ1v) is 7.69. The van der Waals surface area contributed by atoms with Gasteiger partial charge in [-0.2, -0.15) is 0 Å². The van der Waals surface area contributed by atoms with E-state index in [0.29, 0.717) is 11.8 Å². The highest BCUT2D eigenvalue weighted by Crippen LogP contribution is 2.24. The van der Waals surface area contributed by atoms with Gasteiger partial charge < -0.3 is 14.6 Å². The maximum absolute atomic E-state index is 13.5. The lowest BCUT2D eigenvalue weighted by molar-refractivity contribution is 0.349. The normalized spacial score (nSPS) is 18.8. The minimum absolute atomic E-state index is 0.144. The number of fused-ring (bicyclic) bond motifs is 1. The number of hydrogen-bond acceptors (Lipinski definition) is 3. The Hall–Kier alpha value is -1.88. The average molecular weight is 303 g/mol. The van der Waals surface area contributed by atoms with Crippen molar-refractivity contribution in [3.8, 4) is 5.75 Å². The molecule has 4 nitrogen and oxygen atoms in total. The van der Waals surface area contributed by atoms with E-state index in [2.05, 4.69) is 28.0 Å². The van der Waals surface area contributed by atoms with E-state index in [0.717, 1.165) is 30.6 Å². The zero-order valence-electron chi connectivity index (χ0n) is 13.3. The molecule has 1 N–H and O–H groups in total. The molecule has 1 aliphatic heterocycles. The lowest BCUT2D eigenvalue weighted by atomic mass is 10.0. The van der Waals surface area contributed by atoms with Gasteiger partial charge in [-0.3, -0.25) is 0 Å². The summed E-state index contributed by atoms with van der Waals surface area (Å²) in [6.07, 6.45) is 4.17. The third kappa shape index (κ3) is 2.99. The number of nitrogens with zero attached hydrogens (tertiary/aromatic N) is 2. The summed E-state index contributed by atoms with van der Waals surface area (Å²) in [5.41, 5.74) is 2.11. The van der Waals surface area contributed by atoms with E-state index in [1.165, 1.54) is 19.0 Å². The molecular weight excluding hydrogens is 281 g/mol. The van der Waals surface area contributed by atoms with Gasteiger partial charge in [0.05, 0.1) is 12.8 Å². The van der Waals surface area contributed by atoms with Gasteiger partial charge in [-0.15, -0.1) is 0 Å². The molecule has 0 bridgehead atoms. The van der Waals surface area contributed by atoms with E-state index in [4.69, 9.17) is 4.74 Å². The zero-order valence-corrected chi connectivity index (χ0v) is 13.3. The van der Waals surface area contributed by atoms with Crippen molar-refractivity contribution < 1.29 is 9.13 Å². The number of ether oxygens (including phenoxy) is 1. The van der Waals surface area contributed by atoms with Crippen LogP contribution in [0, 0.1) is 12.7 Å². The van der Waals surface area contributed by atoms with Gasteiger partial charge >= 0.3 is 0 Å². The number of halogens is 1. The van der Waals surface area contributed by atoms with Crippen LogP contribution in [0.15, 0.2) is 24.4 Å². The largest absolute Gasteiger partial charge is 0.494 e. The van der Waals surface area contributed by atoms with E-state index in [1.54, 1.807) is 6.07 Å². The van der Waals surface area contributed by atoms with E-state index in [9.17, 15) is 4.39 Å². The Morgan fingerprint density at radius 3 is 3.05 bits per heavy atom. The zero-order chi connectivity index (χ0) is 15.7. The summed E-state index contributed by atoms with van der Waals surface area (Å²) in [5, 5.41) is 3.63. The average Bonchev–Trinajstić information content (AvgIpc) is 2.87. The number of hydrogen-bond donors (Lipinski definition) is 1. The Labute approximate surface area is 130 Å². The molecule has 0 spiro atoms. The Kier molecular flexibility index (Phi) is 4.16. The molecule has 0 saturated heterocycles. The Morgan fingerprint density at radius 2 is 2.27 bits per heavy atom. The van der Waals surface area contributed by atoms with Crippen molar-refractivity contribution in [2.45, 2.75) is 45.3 Å². The maximum Gasteiger partial charge on any atom is 0.165 e. The van der Waals surface area contributed by atoms with Crippen molar-refractivity contribution in [2.24, 2.45) is 0 Å². The number of benzene rings is 1. The van der Waals surface area contributed by atoms with Crippen LogP contribution < -0.4 is 10.1 Å². The second-order valence-electron chi connectivity index (χ2n) is 5.97. The second kappa shape index (κ2) is 6.08. The predicted molar refractivity (Wildman–Crippen MR) is 83.6 cm³/mol. The molecule has 1 aliphatic rings. The fraction of sp³-hybridized carbons (Fsp3) is 0.471. The molecule has 2 heterocycles.